The van der Waals surface area contributed by atoms with Crippen LogP contribution in [0.5, 0.6) is 0 Å². The summed E-state index contributed by atoms with van der Waals surface area (Å²) < 4.78 is 0. The fraction of sp³-hybridized carbons (Fsp3) is 0.400. The number of carbonyl (C=O) groups excluding carboxylic acids is 1. The summed E-state index contributed by atoms with van der Waals surface area (Å²) in [7, 11) is 0. The number of carbonyl (C=O) groups is 1. The molecule has 0 unspecified atom stereocenters. The Morgan fingerprint density at radius 3 is 3.09 bits per heavy atom. The maximum atomic E-state index is 12.0. The molecule has 0 saturated heterocycles. The number of H-pyrrole nitrogens is 2. The number of aromatic nitrogens is 4. The lowest BCUT2D eigenvalue weighted by Crippen LogP contribution is -2.48. The minimum absolute atomic E-state index is 0.141. The van der Waals surface area contributed by atoms with Crippen LogP contribution in [0.15, 0.2) is 18.5 Å². The zero-order valence-corrected chi connectivity index (χ0v) is 12.0. The molecule has 1 saturated carbocycles. The van der Waals surface area contributed by atoms with E-state index in [1.54, 1.807) is 6.20 Å². The first kappa shape index (κ1) is 13.3. The summed E-state index contributed by atoms with van der Waals surface area (Å²) in [4.78, 5) is 26.9. The van der Waals surface area contributed by atoms with Crippen molar-refractivity contribution < 1.29 is 9.90 Å². The molecular formula is C15H17N5O2. The molecule has 4 rings (SSSR count). The Morgan fingerprint density at radius 2 is 2.32 bits per heavy atom. The molecule has 3 aromatic rings. The Hall–Kier alpha value is -2.41. The minimum Gasteiger partial charge on any atom is -0.388 e. The average Bonchev–Trinajstić information content (AvgIpc) is 3.07. The lowest BCUT2D eigenvalue weighted by Gasteiger charge is -2.36. The molecule has 22 heavy (non-hydrogen) atoms. The van der Waals surface area contributed by atoms with Gasteiger partial charge in [0.25, 0.3) is 0 Å². The highest BCUT2D eigenvalue weighted by Crippen LogP contribution is 2.30. The molecule has 1 aliphatic carbocycles. The van der Waals surface area contributed by atoms with E-state index in [1.807, 2.05) is 12.3 Å². The highest BCUT2D eigenvalue weighted by atomic mass is 16.3. The summed E-state index contributed by atoms with van der Waals surface area (Å²) in [6, 6.07) is 1.93. The first-order valence-corrected chi connectivity index (χ1v) is 7.43. The van der Waals surface area contributed by atoms with Crippen LogP contribution in [0.2, 0.25) is 0 Å². The Morgan fingerprint density at radius 1 is 1.45 bits per heavy atom. The van der Waals surface area contributed by atoms with Crippen molar-refractivity contribution in [1.82, 2.24) is 25.3 Å². The summed E-state index contributed by atoms with van der Waals surface area (Å²) in [6.07, 6.45) is 6.21. The van der Waals surface area contributed by atoms with Gasteiger partial charge in [-0.25, -0.2) is 9.97 Å². The molecule has 3 heterocycles. The Bertz CT molecular complexity index is 846. The molecule has 7 heteroatoms. The van der Waals surface area contributed by atoms with Crippen LogP contribution in [-0.4, -0.2) is 43.1 Å². The fourth-order valence-electron chi connectivity index (χ4n) is 2.85. The second-order valence-electron chi connectivity index (χ2n) is 5.97. The van der Waals surface area contributed by atoms with Crippen LogP contribution in [-0.2, 0) is 11.2 Å². The van der Waals surface area contributed by atoms with E-state index in [1.165, 1.54) is 0 Å². The van der Waals surface area contributed by atoms with Gasteiger partial charge >= 0.3 is 0 Å². The second kappa shape index (κ2) is 4.81. The molecule has 0 bridgehead atoms. The summed E-state index contributed by atoms with van der Waals surface area (Å²) >= 11 is 0. The third-order valence-electron chi connectivity index (χ3n) is 4.32. The number of imidazole rings is 1. The first-order valence-electron chi connectivity index (χ1n) is 7.43. The van der Waals surface area contributed by atoms with Crippen molar-refractivity contribution in [1.29, 1.82) is 0 Å². The highest BCUT2D eigenvalue weighted by molar-refractivity contribution is 6.00. The molecule has 0 radical (unpaired) electrons. The summed E-state index contributed by atoms with van der Waals surface area (Å²) in [6.45, 7) is 0.315. The van der Waals surface area contributed by atoms with Crippen molar-refractivity contribution in [3.8, 4) is 0 Å². The Labute approximate surface area is 126 Å². The number of nitrogens with one attached hydrogen (secondary N) is 3. The van der Waals surface area contributed by atoms with Crippen LogP contribution in [0.25, 0.3) is 22.1 Å². The number of amides is 1. The van der Waals surface area contributed by atoms with Crippen LogP contribution >= 0.6 is 0 Å². The standard InChI is InChI=1S/C15H17N5O2/c21-12(18-8-15(22)3-1-4-15)6-11-19-10-7-17-14-9(2-5-16-14)13(10)20-11/h2,5,7,22H,1,3-4,6,8H2,(H,16,17)(H,18,21)(H,19,20). The average molecular weight is 299 g/mol. The number of rotatable bonds is 4. The molecule has 0 aromatic carbocycles. The van der Waals surface area contributed by atoms with Gasteiger partial charge in [0.05, 0.1) is 23.7 Å². The SMILES string of the molecule is O=C(Cc1nc2cnc3[nH]ccc3c2[nH]1)NCC1(O)CCC1. The number of hydrogen-bond donors (Lipinski definition) is 4. The van der Waals surface area contributed by atoms with Crippen molar-refractivity contribution in [2.45, 2.75) is 31.3 Å². The molecule has 3 aromatic heterocycles. The van der Waals surface area contributed by atoms with E-state index < -0.39 is 5.60 Å². The van der Waals surface area contributed by atoms with Gasteiger partial charge in [0.15, 0.2) is 0 Å². The third kappa shape index (κ3) is 2.23. The number of aromatic amines is 2. The van der Waals surface area contributed by atoms with Gasteiger partial charge in [0, 0.05) is 18.1 Å². The van der Waals surface area contributed by atoms with E-state index >= 15 is 0 Å². The summed E-state index contributed by atoms with van der Waals surface area (Å²) in [5, 5.41) is 13.7. The second-order valence-corrected chi connectivity index (χ2v) is 5.97. The van der Waals surface area contributed by atoms with Crippen molar-refractivity contribution >= 4 is 28.0 Å². The minimum atomic E-state index is -0.704. The lowest BCUT2D eigenvalue weighted by atomic mass is 9.80. The van der Waals surface area contributed by atoms with Crippen molar-refractivity contribution in [2.24, 2.45) is 0 Å². The first-order chi connectivity index (χ1) is 10.6. The zero-order chi connectivity index (χ0) is 15.2. The number of nitrogens with zero attached hydrogens (tertiary/aromatic N) is 2. The van der Waals surface area contributed by atoms with Gasteiger partial charge in [-0.2, -0.15) is 0 Å². The van der Waals surface area contributed by atoms with E-state index in [9.17, 15) is 9.90 Å². The molecule has 1 amide bonds. The molecule has 0 spiro atoms. The summed E-state index contributed by atoms with van der Waals surface area (Å²) in [5.74, 6) is 0.459. The molecule has 1 aliphatic rings. The van der Waals surface area contributed by atoms with E-state index in [-0.39, 0.29) is 12.3 Å². The van der Waals surface area contributed by atoms with Crippen molar-refractivity contribution in [2.75, 3.05) is 6.54 Å². The summed E-state index contributed by atoms with van der Waals surface area (Å²) in [5.41, 5.74) is 1.71. The van der Waals surface area contributed by atoms with Crippen LogP contribution < -0.4 is 5.32 Å². The van der Waals surface area contributed by atoms with Gasteiger partial charge in [-0.3, -0.25) is 4.79 Å². The largest absolute Gasteiger partial charge is 0.388 e. The zero-order valence-electron chi connectivity index (χ0n) is 12.0. The Balaban J connectivity index is 1.50. The predicted octanol–water partition coefficient (Wildman–Crippen LogP) is 1.01. The third-order valence-corrected chi connectivity index (χ3v) is 4.32. The van der Waals surface area contributed by atoms with Gasteiger partial charge in [0.2, 0.25) is 5.91 Å². The van der Waals surface area contributed by atoms with E-state index in [4.69, 9.17) is 0 Å². The van der Waals surface area contributed by atoms with Crippen LogP contribution in [0.3, 0.4) is 0 Å². The van der Waals surface area contributed by atoms with Crippen LogP contribution in [0.1, 0.15) is 25.1 Å². The van der Waals surface area contributed by atoms with Gasteiger partial charge in [-0.15, -0.1) is 0 Å². The number of fused-ring (bicyclic) bond motifs is 3. The smallest absolute Gasteiger partial charge is 0.227 e. The van der Waals surface area contributed by atoms with E-state index in [0.717, 1.165) is 41.3 Å². The molecule has 7 nitrogen and oxygen atoms in total. The molecular weight excluding hydrogens is 282 g/mol. The van der Waals surface area contributed by atoms with Crippen molar-refractivity contribution in [3.05, 3.63) is 24.3 Å². The highest BCUT2D eigenvalue weighted by Gasteiger charge is 2.34. The topological polar surface area (TPSA) is 107 Å². The van der Waals surface area contributed by atoms with Gasteiger partial charge in [0.1, 0.15) is 17.0 Å². The van der Waals surface area contributed by atoms with E-state index in [2.05, 4.69) is 25.3 Å². The van der Waals surface area contributed by atoms with Gasteiger partial charge < -0.3 is 20.4 Å². The van der Waals surface area contributed by atoms with Gasteiger partial charge in [-0.1, -0.05) is 0 Å². The fourth-order valence-corrected chi connectivity index (χ4v) is 2.85. The van der Waals surface area contributed by atoms with Gasteiger partial charge in [-0.05, 0) is 25.3 Å². The maximum Gasteiger partial charge on any atom is 0.227 e. The maximum absolute atomic E-state index is 12.0. The van der Waals surface area contributed by atoms with Crippen LogP contribution in [0.4, 0.5) is 0 Å². The normalized spacial score (nSPS) is 16.8. The quantitative estimate of drug-likeness (QED) is 0.577. The number of pyridine rings is 1. The number of hydrogen-bond acceptors (Lipinski definition) is 4. The lowest BCUT2D eigenvalue weighted by molar-refractivity contribution is -0.123. The Kier molecular flexibility index (Phi) is 2.90. The monoisotopic (exact) mass is 299 g/mol. The number of aliphatic hydroxyl groups is 1. The molecule has 1 fully saturated rings. The molecule has 4 N–H and O–H groups in total. The molecule has 114 valence electrons. The van der Waals surface area contributed by atoms with Crippen molar-refractivity contribution in [3.63, 3.8) is 0 Å². The molecule has 0 aliphatic heterocycles. The molecule has 0 atom stereocenters. The van der Waals surface area contributed by atoms with Crippen LogP contribution in [0, 0.1) is 0 Å². The van der Waals surface area contributed by atoms with E-state index in [0.29, 0.717) is 12.4 Å². The predicted molar refractivity (Wildman–Crippen MR) is 81.3 cm³/mol.